The maximum absolute atomic E-state index is 13.2. The summed E-state index contributed by atoms with van der Waals surface area (Å²) >= 11 is 0. The first-order valence-electron chi connectivity index (χ1n) is 11.4. The molecule has 1 aromatic rings. The molecule has 1 atom stereocenters. The van der Waals surface area contributed by atoms with E-state index in [4.69, 9.17) is 4.74 Å². The minimum Gasteiger partial charge on any atom is -0.497 e. The van der Waals surface area contributed by atoms with Crippen LogP contribution in [0.2, 0.25) is 0 Å². The predicted molar refractivity (Wildman–Crippen MR) is 111 cm³/mol. The molecule has 0 radical (unpaired) electrons. The van der Waals surface area contributed by atoms with Crippen molar-refractivity contribution in [3.05, 3.63) is 29.8 Å². The normalized spacial score (nSPS) is 38.5. The van der Waals surface area contributed by atoms with Gasteiger partial charge >= 0.3 is 0 Å². The number of carbonyl (C=O) groups is 1. The zero-order valence-electron chi connectivity index (χ0n) is 17.5. The molecule has 5 fully saturated rings. The van der Waals surface area contributed by atoms with Crippen molar-refractivity contribution < 1.29 is 14.6 Å². The van der Waals surface area contributed by atoms with E-state index in [0.717, 1.165) is 41.4 Å². The van der Waals surface area contributed by atoms with Gasteiger partial charge in [0.05, 0.1) is 7.11 Å². The molecule has 1 aromatic carbocycles. The van der Waals surface area contributed by atoms with Gasteiger partial charge in [-0.3, -0.25) is 4.79 Å². The van der Waals surface area contributed by atoms with Crippen molar-refractivity contribution in [2.45, 2.75) is 63.1 Å². The van der Waals surface area contributed by atoms with Gasteiger partial charge in [-0.2, -0.15) is 0 Å². The molecule has 5 nitrogen and oxygen atoms in total. The molecule has 6 rings (SSSR count). The van der Waals surface area contributed by atoms with Gasteiger partial charge < -0.3 is 20.1 Å². The van der Waals surface area contributed by atoms with Crippen molar-refractivity contribution in [3.8, 4) is 5.75 Å². The lowest BCUT2D eigenvalue weighted by Crippen LogP contribution is -2.62. The SMILES string of the molecule is COc1cccc(CN2CCC[C@@](O)(CNC3C4CC5CC(C4)CC3C5)C2=O)c1. The van der Waals surface area contributed by atoms with Gasteiger partial charge in [-0.25, -0.2) is 0 Å². The second kappa shape index (κ2) is 7.59. The van der Waals surface area contributed by atoms with E-state index in [2.05, 4.69) is 5.32 Å². The first-order chi connectivity index (χ1) is 14.0. The number of amides is 1. The van der Waals surface area contributed by atoms with Crippen molar-refractivity contribution in [2.75, 3.05) is 20.2 Å². The van der Waals surface area contributed by atoms with Crippen LogP contribution in [0, 0.1) is 23.7 Å². The van der Waals surface area contributed by atoms with E-state index in [0.29, 0.717) is 32.1 Å². The third-order valence-electron chi connectivity index (χ3n) is 8.07. The Kier molecular flexibility index (Phi) is 5.07. The number of benzene rings is 1. The highest BCUT2D eigenvalue weighted by molar-refractivity contribution is 5.86. The van der Waals surface area contributed by atoms with Crippen LogP contribution in [0.3, 0.4) is 0 Å². The topological polar surface area (TPSA) is 61.8 Å². The fourth-order valence-electron chi connectivity index (χ4n) is 6.92. The summed E-state index contributed by atoms with van der Waals surface area (Å²) in [6.07, 6.45) is 8.23. The van der Waals surface area contributed by atoms with Gasteiger partial charge in [-0.15, -0.1) is 0 Å². The van der Waals surface area contributed by atoms with E-state index in [1.165, 1.54) is 32.1 Å². The Morgan fingerprint density at radius 1 is 1.17 bits per heavy atom. The van der Waals surface area contributed by atoms with Crippen LogP contribution in [-0.4, -0.2) is 47.8 Å². The second-order valence-corrected chi connectivity index (χ2v) is 10.1. The molecule has 158 valence electrons. The Hall–Kier alpha value is -1.59. The van der Waals surface area contributed by atoms with Crippen LogP contribution in [0.1, 0.15) is 50.5 Å². The van der Waals surface area contributed by atoms with Gasteiger partial charge in [-0.05, 0) is 86.3 Å². The first kappa shape index (κ1) is 19.4. The van der Waals surface area contributed by atoms with E-state index >= 15 is 0 Å². The summed E-state index contributed by atoms with van der Waals surface area (Å²) in [4.78, 5) is 15.0. The van der Waals surface area contributed by atoms with Gasteiger partial charge in [0.25, 0.3) is 5.91 Å². The molecule has 4 aliphatic carbocycles. The number of likely N-dealkylation sites (tertiary alicyclic amines) is 1. The summed E-state index contributed by atoms with van der Waals surface area (Å²) in [6, 6.07) is 8.33. The third-order valence-corrected chi connectivity index (χ3v) is 8.07. The lowest BCUT2D eigenvalue weighted by atomic mass is 9.54. The smallest absolute Gasteiger partial charge is 0.256 e. The average molecular weight is 399 g/mol. The van der Waals surface area contributed by atoms with E-state index in [1.54, 1.807) is 7.11 Å². The summed E-state index contributed by atoms with van der Waals surface area (Å²) in [5, 5.41) is 15.0. The van der Waals surface area contributed by atoms with Gasteiger partial charge in [0.15, 0.2) is 5.60 Å². The predicted octanol–water partition coefficient (Wildman–Crippen LogP) is 2.96. The molecule has 4 saturated carbocycles. The summed E-state index contributed by atoms with van der Waals surface area (Å²) in [5.41, 5.74) is -0.234. The summed E-state index contributed by atoms with van der Waals surface area (Å²) in [6.45, 7) is 1.63. The van der Waals surface area contributed by atoms with Crippen molar-refractivity contribution in [1.82, 2.24) is 10.2 Å². The second-order valence-electron chi connectivity index (χ2n) is 10.1. The number of hydrogen-bond acceptors (Lipinski definition) is 4. The summed E-state index contributed by atoms with van der Waals surface area (Å²) in [7, 11) is 1.65. The van der Waals surface area contributed by atoms with Crippen LogP contribution in [0.15, 0.2) is 24.3 Å². The van der Waals surface area contributed by atoms with Crippen molar-refractivity contribution in [1.29, 1.82) is 0 Å². The molecule has 1 aliphatic heterocycles. The van der Waals surface area contributed by atoms with E-state index in [1.807, 2.05) is 29.2 Å². The Morgan fingerprint density at radius 2 is 1.90 bits per heavy atom. The quantitative estimate of drug-likeness (QED) is 0.773. The van der Waals surface area contributed by atoms with Gasteiger partial charge in [-0.1, -0.05) is 12.1 Å². The van der Waals surface area contributed by atoms with Crippen LogP contribution in [-0.2, 0) is 11.3 Å². The third kappa shape index (κ3) is 3.68. The first-order valence-corrected chi connectivity index (χ1v) is 11.4. The fourth-order valence-corrected chi connectivity index (χ4v) is 6.92. The number of nitrogens with zero attached hydrogens (tertiary/aromatic N) is 1. The van der Waals surface area contributed by atoms with Gasteiger partial charge in [0.1, 0.15) is 5.75 Å². The van der Waals surface area contributed by atoms with Crippen LogP contribution in [0.25, 0.3) is 0 Å². The zero-order valence-corrected chi connectivity index (χ0v) is 17.5. The van der Waals surface area contributed by atoms with Crippen molar-refractivity contribution in [3.63, 3.8) is 0 Å². The molecule has 1 heterocycles. The molecule has 0 aromatic heterocycles. The Labute approximate surface area is 173 Å². The Bertz CT molecular complexity index is 738. The number of rotatable bonds is 6. The number of methoxy groups -OCH3 is 1. The average Bonchev–Trinajstić information content (AvgIpc) is 2.71. The minimum absolute atomic E-state index is 0.122. The van der Waals surface area contributed by atoms with Crippen molar-refractivity contribution in [2.24, 2.45) is 23.7 Å². The summed E-state index contributed by atoms with van der Waals surface area (Å²) in [5.74, 6) is 4.05. The Balaban J connectivity index is 1.23. The number of piperidine rings is 1. The van der Waals surface area contributed by atoms with Gasteiger partial charge in [0, 0.05) is 25.7 Å². The largest absolute Gasteiger partial charge is 0.497 e. The van der Waals surface area contributed by atoms with Crippen LogP contribution in [0.4, 0.5) is 0 Å². The highest BCUT2D eigenvalue weighted by Crippen LogP contribution is 2.53. The van der Waals surface area contributed by atoms with E-state index in [-0.39, 0.29) is 5.91 Å². The molecule has 1 amide bonds. The minimum atomic E-state index is -1.27. The van der Waals surface area contributed by atoms with E-state index in [9.17, 15) is 9.90 Å². The zero-order chi connectivity index (χ0) is 20.0. The lowest BCUT2D eigenvalue weighted by molar-refractivity contribution is -0.158. The molecule has 5 aliphatic rings. The summed E-state index contributed by atoms with van der Waals surface area (Å²) < 4.78 is 5.30. The van der Waals surface area contributed by atoms with Crippen LogP contribution < -0.4 is 10.1 Å². The maximum atomic E-state index is 13.2. The molecular weight excluding hydrogens is 364 g/mol. The molecule has 1 saturated heterocycles. The van der Waals surface area contributed by atoms with Crippen molar-refractivity contribution >= 4 is 5.91 Å². The molecule has 29 heavy (non-hydrogen) atoms. The number of nitrogens with one attached hydrogen (secondary N) is 1. The monoisotopic (exact) mass is 398 g/mol. The lowest BCUT2D eigenvalue weighted by Gasteiger charge is -2.55. The molecule has 2 N–H and O–H groups in total. The fraction of sp³-hybridized carbons (Fsp3) is 0.708. The number of aliphatic hydroxyl groups is 1. The molecular formula is C24H34N2O3. The molecule has 5 heteroatoms. The van der Waals surface area contributed by atoms with Crippen LogP contribution >= 0.6 is 0 Å². The highest BCUT2D eigenvalue weighted by Gasteiger charge is 2.49. The number of ether oxygens (including phenoxy) is 1. The van der Waals surface area contributed by atoms with Crippen LogP contribution in [0.5, 0.6) is 5.75 Å². The maximum Gasteiger partial charge on any atom is 0.256 e. The van der Waals surface area contributed by atoms with E-state index < -0.39 is 5.60 Å². The molecule has 0 spiro atoms. The van der Waals surface area contributed by atoms with Gasteiger partial charge in [0.2, 0.25) is 0 Å². The number of carbonyl (C=O) groups excluding carboxylic acids is 1. The highest BCUT2D eigenvalue weighted by atomic mass is 16.5. The molecule has 4 bridgehead atoms. The molecule has 0 unspecified atom stereocenters. The Morgan fingerprint density at radius 3 is 2.59 bits per heavy atom. The standard InChI is InChI=1S/C24H34N2O3/c1-29-21-5-2-4-16(13-21)14-26-7-3-6-24(28,23(26)27)15-25-22-19-9-17-8-18(11-19)12-20(22)10-17/h2,4-5,13,17-20,22,25,28H,3,6-12,14-15H2,1H3/t17?,18?,19?,20?,22?,24-/m1/s1. The number of hydrogen-bond donors (Lipinski definition) is 2.